The van der Waals surface area contributed by atoms with Crippen LogP contribution in [0.1, 0.15) is 11.1 Å². The molecular weight excluding hydrogens is 281 g/mol. The molecule has 2 aromatic carbocycles. The molecule has 0 aliphatic heterocycles. The highest BCUT2D eigenvalue weighted by molar-refractivity contribution is 5.71. The summed E-state index contributed by atoms with van der Waals surface area (Å²) in [7, 11) is 0. The summed E-state index contributed by atoms with van der Waals surface area (Å²) in [6.45, 7) is 1.82. The molecule has 0 aliphatic rings. The Bertz CT molecular complexity index is 690. The average molecular weight is 292 g/mol. The smallest absolute Gasteiger partial charge is 0.404 e. The summed E-state index contributed by atoms with van der Waals surface area (Å²) in [5, 5.41) is 11.8. The molecule has 0 saturated heterocycles. The molecule has 108 valence electrons. The fourth-order valence-electron chi connectivity index (χ4n) is 1.79. The minimum Gasteiger partial charge on any atom is -0.404 e. The van der Waals surface area contributed by atoms with Crippen molar-refractivity contribution < 1.29 is 17.9 Å². The molecule has 0 spiro atoms. The number of nitrogens with one attached hydrogen (secondary N) is 1. The maximum absolute atomic E-state index is 12.4. The van der Waals surface area contributed by atoms with Crippen molar-refractivity contribution in [2.75, 3.05) is 5.32 Å². The Kier molecular flexibility index (Phi) is 4.03. The van der Waals surface area contributed by atoms with Crippen molar-refractivity contribution in [3.63, 3.8) is 0 Å². The van der Waals surface area contributed by atoms with Crippen LogP contribution in [-0.4, -0.2) is 6.36 Å². The lowest BCUT2D eigenvalue weighted by atomic mass is 10.1. The van der Waals surface area contributed by atoms with Crippen LogP contribution in [0.15, 0.2) is 42.5 Å². The van der Waals surface area contributed by atoms with Gasteiger partial charge in [0.15, 0.2) is 5.75 Å². The molecule has 0 amide bonds. The quantitative estimate of drug-likeness (QED) is 0.905. The molecule has 0 heterocycles. The molecule has 2 rings (SSSR count). The number of hydrogen-bond acceptors (Lipinski definition) is 3. The SMILES string of the molecule is Cc1ccc(C#N)c(Nc2ccccc2OC(F)(F)F)c1. The second-order valence-corrected chi connectivity index (χ2v) is 4.33. The zero-order chi connectivity index (χ0) is 15.5. The first kappa shape index (κ1) is 14.7. The molecular formula is C15H11F3N2O. The number of halogens is 3. The summed E-state index contributed by atoms with van der Waals surface area (Å²) in [6.07, 6.45) is -4.78. The van der Waals surface area contributed by atoms with Gasteiger partial charge in [0.1, 0.15) is 6.07 Å². The van der Waals surface area contributed by atoms with Gasteiger partial charge >= 0.3 is 6.36 Å². The van der Waals surface area contributed by atoms with Crippen molar-refractivity contribution in [3.8, 4) is 11.8 Å². The van der Waals surface area contributed by atoms with E-state index >= 15 is 0 Å². The van der Waals surface area contributed by atoms with Crippen molar-refractivity contribution in [2.45, 2.75) is 13.3 Å². The second kappa shape index (κ2) is 5.75. The van der Waals surface area contributed by atoms with E-state index in [1.807, 2.05) is 13.0 Å². The number of para-hydroxylation sites is 2. The van der Waals surface area contributed by atoms with Gasteiger partial charge < -0.3 is 10.1 Å². The van der Waals surface area contributed by atoms with E-state index in [0.717, 1.165) is 5.56 Å². The van der Waals surface area contributed by atoms with E-state index in [1.165, 1.54) is 18.2 Å². The Morgan fingerprint density at radius 2 is 1.81 bits per heavy atom. The largest absolute Gasteiger partial charge is 0.573 e. The molecule has 6 heteroatoms. The van der Waals surface area contributed by atoms with Gasteiger partial charge in [0.25, 0.3) is 0 Å². The highest BCUT2D eigenvalue weighted by atomic mass is 19.4. The van der Waals surface area contributed by atoms with Crippen LogP contribution in [0.25, 0.3) is 0 Å². The Morgan fingerprint density at radius 1 is 1.10 bits per heavy atom. The molecule has 3 nitrogen and oxygen atoms in total. The average Bonchev–Trinajstić information content (AvgIpc) is 2.40. The summed E-state index contributed by atoms with van der Waals surface area (Å²) in [4.78, 5) is 0. The van der Waals surface area contributed by atoms with Gasteiger partial charge in [-0.15, -0.1) is 13.2 Å². The Labute approximate surface area is 119 Å². The molecule has 0 aromatic heterocycles. The number of rotatable bonds is 3. The minimum absolute atomic E-state index is 0.136. The maximum Gasteiger partial charge on any atom is 0.573 e. The van der Waals surface area contributed by atoms with Crippen molar-refractivity contribution in [3.05, 3.63) is 53.6 Å². The number of benzene rings is 2. The summed E-state index contributed by atoms with van der Waals surface area (Å²) in [6, 6.07) is 12.7. The Hall–Kier alpha value is -2.68. The normalized spacial score (nSPS) is 10.8. The molecule has 0 saturated carbocycles. The lowest BCUT2D eigenvalue weighted by molar-refractivity contribution is -0.274. The van der Waals surface area contributed by atoms with E-state index < -0.39 is 6.36 Å². The highest BCUT2D eigenvalue weighted by Crippen LogP contribution is 2.33. The van der Waals surface area contributed by atoms with Crippen LogP contribution in [0.3, 0.4) is 0 Å². The van der Waals surface area contributed by atoms with E-state index in [9.17, 15) is 13.2 Å². The standard InChI is InChI=1S/C15H11F3N2O/c1-10-6-7-11(9-19)13(8-10)20-12-4-2-3-5-14(12)21-15(16,17)18/h2-8,20H,1H3. The molecule has 0 bridgehead atoms. The van der Waals surface area contributed by atoms with Gasteiger partial charge in [-0.05, 0) is 36.8 Å². The van der Waals surface area contributed by atoms with Crippen LogP contribution in [-0.2, 0) is 0 Å². The molecule has 21 heavy (non-hydrogen) atoms. The molecule has 0 unspecified atom stereocenters. The van der Waals surface area contributed by atoms with Crippen molar-refractivity contribution >= 4 is 11.4 Å². The van der Waals surface area contributed by atoms with Gasteiger partial charge in [0, 0.05) is 0 Å². The predicted octanol–water partition coefficient (Wildman–Crippen LogP) is 4.51. The van der Waals surface area contributed by atoms with Gasteiger partial charge in [0.2, 0.25) is 0 Å². The van der Waals surface area contributed by atoms with Crippen LogP contribution < -0.4 is 10.1 Å². The summed E-state index contributed by atoms with van der Waals surface area (Å²) >= 11 is 0. The van der Waals surface area contributed by atoms with E-state index in [-0.39, 0.29) is 11.4 Å². The van der Waals surface area contributed by atoms with E-state index in [2.05, 4.69) is 10.1 Å². The third-order valence-corrected chi connectivity index (χ3v) is 2.68. The highest BCUT2D eigenvalue weighted by Gasteiger charge is 2.32. The summed E-state index contributed by atoms with van der Waals surface area (Å²) in [5.41, 5.74) is 1.78. The van der Waals surface area contributed by atoms with Crippen LogP contribution in [0.4, 0.5) is 24.5 Å². The van der Waals surface area contributed by atoms with Gasteiger partial charge in [-0.2, -0.15) is 5.26 Å². The number of hydrogen-bond donors (Lipinski definition) is 1. The first-order valence-corrected chi connectivity index (χ1v) is 6.01. The lowest BCUT2D eigenvalue weighted by Gasteiger charge is -2.15. The van der Waals surface area contributed by atoms with Crippen LogP contribution in [0, 0.1) is 18.3 Å². The maximum atomic E-state index is 12.4. The Morgan fingerprint density at radius 3 is 2.48 bits per heavy atom. The van der Waals surface area contributed by atoms with Crippen molar-refractivity contribution in [1.29, 1.82) is 5.26 Å². The van der Waals surface area contributed by atoms with Crippen LogP contribution in [0.5, 0.6) is 5.75 Å². The zero-order valence-corrected chi connectivity index (χ0v) is 11.0. The van der Waals surface area contributed by atoms with E-state index in [0.29, 0.717) is 11.3 Å². The zero-order valence-electron chi connectivity index (χ0n) is 11.0. The number of aryl methyl sites for hydroxylation is 1. The van der Waals surface area contributed by atoms with Crippen molar-refractivity contribution in [1.82, 2.24) is 0 Å². The number of ether oxygens (including phenoxy) is 1. The predicted molar refractivity (Wildman–Crippen MR) is 72.3 cm³/mol. The van der Waals surface area contributed by atoms with Crippen LogP contribution in [0.2, 0.25) is 0 Å². The number of nitriles is 1. The third-order valence-electron chi connectivity index (χ3n) is 2.68. The second-order valence-electron chi connectivity index (χ2n) is 4.33. The minimum atomic E-state index is -4.78. The van der Waals surface area contributed by atoms with E-state index in [1.54, 1.807) is 24.3 Å². The number of anilines is 2. The molecule has 2 aromatic rings. The molecule has 1 N–H and O–H groups in total. The molecule has 0 aliphatic carbocycles. The summed E-state index contributed by atoms with van der Waals surface area (Å²) in [5.74, 6) is -0.351. The molecule has 0 fully saturated rings. The topological polar surface area (TPSA) is 45.0 Å². The van der Waals surface area contributed by atoms with Gasteiger partial charge in [-0.25, -0.2) is 0 Å². The van der Waals surface area contributed by atoms with E-state index in [4.69, 9.17) is 5.26 Å². The fourth-order valence-corrected chi connectivity index (χ4v) is 1.79. The Balaban J connectivity index is 2.37. The number of alkyl halides is 3. The first-order chi connectivity index (χ1) is 9.89. The number of nitrogens with zero attached hydrogens (tertiary/aromatic N) is 1. The third kappa shape index (κ3) is 3.89. The van der Waals surface area contributed by atoms with Crippen LogP contribution >= 0.6 is 0 Å². The van der Waals surface area contributed by atoms with Gasteiger partial charge in [-0.1, -0.05) is 18.2 Å². The first-order valence-electron chi connectivity index (χ1n) is 6.01. The van der Waals surface area contributed by atoms with Crippen molar-refractivity contribution in [2.24, 2.45) is 0 Å². The van der Waals surface area contributed by atoms with Gasteiger partial charge in [0.05, 0.1) is 16.9 Å². The fraction of sp³-hybridized carbons (Fsp3) is 0.133. The van der Waals surface area contributed by atoms with Gasteiger partial charge in [-0.3, -0.25) is 0 Å². The monoisotopic (exact) mass is 292 g/mol. The molecule has 0 atom stereocenters. The summed E-state index contributed by atoms with van der Waals surface area (Å²) < 4.78 is 41.1. The lowest BCUT2D eigenvalue weighted by Crippen LogP contribution is -2.17. The molecule has 0 radical (unpaired) electrons.